The van der Waals surface area contributed by atoms with Gasteiger partial charge in [-0.15, -0.1) is 0 Å². The first-order valence-electron chi connectivity index (χ1n) is 4.40. The van der Waals surface area contributed by atoms with Crippen molar-refractivity contribution >= 4 is 0 Å². The van der Waals surface area contributed by atoms with Crippen LogP contribution in [0.15, 0.2) is 12.1 Å². The van der Waals surface area contributed by atoms with E-state index in [1.54, 1.807) is 0 Å². The molecule has 2 heterocycles. The second-order valence-electron chi connectivity index (χ2n) is 3.41. The van der Waals surface area contributed by atoms with Crippen molar-refractivity contribution in [1.82, 2.24) is 0 Å². The summed E-state index contributed by atoms with van der Waals surface area (Å²) in [6.07, 6.45) is 0.302. The Morgan fingerprint density at radius 3 is 3.08 bits per heavy atom. The third kappa shape index (κ3) is 1.25. The number of fused-ring (bicyclic) bond motifs is 1. The van der Waals surface area contributed by atoms with Crippen LogP contribution in [-0.4, -0.2) is 19.3 Å². The van der Waals surface area contributed by atoms with Gasteiger partial charge in [-0.1, -0.05) is 6.07 Å². The molecular weight excluding hydrogens is 168 g/mol. The van der Waals surface area contributed by atoms with Crippen LogP contribution >= 0.6 is 0 Å². The summed E-state index contributed by atoms with van der Waals surface area (Å²) < 4.78 is 15.8. The van der Waals surface area contributed by atoms with Crippen molar-refractivity contribution < 1.29 is 14.2 Å². The summed E-state index contributed by atoms with van der Waals surface area (Å²) in [5.74, 6) is 2.73. The Morgan fingerprint density at radius 2 is 2.31 bits per heavy atom. The minimum absolute atomic E-state index is 0.302. The van der Waals surface area contributed by atoms with Crippen LogP contribution in [0.1, 0.15) is 5.56 Å². The lowest BCUT2D eigenvalue weighted by Gasteiger charge is -2.00. The number of hydrogen-bond acceptors (Lipinski definition) is 3. The van der Waals surface area contributed by atoms with Crippen molar-refractivity contribution in [3.63, 3.8) is 0 Å². The van der Waals surface area contributed by atoms with Gasteiger partial charge in [-0.3, -0.25) is 0 Å². The van der Waals surface area contributed by atoms with Gasteiger partial charge in [0.25, 0.3) is 0 Å². The SMILES string of the molecule is Cc1ccc(OCC2CO2)c2c1O2. The number of ether oxygens (including phenoxy) is 3. The zero-order valence-electron chi connectivity index (χ0n) is 7.37. The molecule has 3 nitrogen and oxygen atoms in total. The highest BCUT2D eigenvalue weighted by atomic mass is 16.6. The first-order valence-corrected chi connectivity index (χ1v) is 4.40. The standard InChI is InChI=1S/C10H10O3/c1-6-2-3-8(10-9(6)13-10)12-5-7-4-11-7/h2-3,7H,4-5H2,1H3. The highest BCUT2D eigenvalue weighted by Gasteiger charge is 2.30. The molecule has 13 heavy (non-hydrogen) atoms. The molecule has 0 aromatic heterocycles. The summed E-state index contributed by atoms with van der Waals surface area (Å²) >= 11 is 0. The molecule has 1 atom stereocenters. The van der Waals surface area contributed by atoms with Crippen LogP contribution in [0, 0.1) is 6.92 Å². The molecule has 0 bridgehead atoms. The molecule has 2 aliphatic heterocycles. The fraction of sp³-hybridized carbons (Fsp3) is 0.400. The van der Waals surface area contributed by atoms with Crippen LogP contribution < -0.4 is 9.47 Å². The van der Waals surface area contributed by atoms with Gasteiger partial charge < -0.3 is 14.2 Å². The molecular formula is C10H10O3. The van der Waals surface area contributed by atoms with E-state index in [1.165, 1.54) is 5.56 Å². The van der Waals surface area contributed by atoms with Crippen molar-refractivity contribution in [2.45, 2.75) is 13.0 Å². The largest absolute Gasteiger partial charge is 0.487 e. The first-order chi connectivity index (χ1) is 6.34. The molecule has 3 rings (SSSR count). The lowest BCUT2D eigenvalue weighted by molar-refractivity contribution is 0.261. The minimum Gasteiger partial charge on any atom is -0.487 e. The summed E-state index contributed by atoms with van der Waals surface area (Å²) in [5.41, 5.74) is 1.17. The van der Waals surface area contributed by atoms with Gasteiger partial charge in [0.2, 0.25) is 5.75 Å². The average molecular weight is 178 g/mol. The van der Waals surface area contributed by atoms with Gasteiger partial charge in [0.05, 0.1) is 6.61 Å². The van der Waals surface area contributed by atoms with Gasteiger partial charge in [-0.25, -0.2) is 0 Å². The minimum atomic E-state index is 0.302. The Hall–Kier alpha value is -1.22. The Morgan fingerprint density at radius 1 is 1.46 bits per heavy atom. The van der Waals surface area contributed by atoms with Crippen molar-refractivity contribution in [2.75, 3.05) is 13.2 Å². The lowest BCUT2D eigenvalue weighted by atomic mass is 10.2. The maximum Gasteiger partial charge on any atom is 0.212 e. The summed E-state index contributed by atoms with van der Waals surface area (Å²) in [6.45, 7) is 3.49. The molecule has 0 spiro atoms. The van der Waals surface area contributed by atoms with Gasteiger partial charge >= 0.3 is 0 Å². The molecule has 1 aromatic rings. The molecule has 1 unspecified atom stereocenters. The van der Waals surface area contributed by atoms with E-state index >= 15 is 0 Å². The number of benzene rings is 1. The fourth-order valence-electron chi connectivity index (χ4n) is 1.31. The van der Waals surface area contributed by atoms with Gasteiger partial charge in [-0.05, 0) is 18.6 Å². The zero-order valence-corrected chi connectivity index (χ0v) is 7.37. The van der Waals surface area contributed by atoms with E-state index in [4.69, 9.17) is 14.2 Å². The summed E-state index contributed by atoms with van der Waals surface area (Å²) in [5, 5.41) is 0. The Labute approximate surface area is 76.2 Å². The smallest absolute Gasteiger partial charge is 0.212 e. The van der Waals surface area contributed by atoms with Crippen molar-refractivity contribution in [2.24, 2.45) is 0 Å². The van der Waals surface area contributed by atoms with Crippen LogP contribution in [0.25, 0.3) is 0 Å². The average Bonchev–Trinajstić information content (AvgIpc) is 2.98. The van der Waals surface area contributed by atoms with E-state index in [9.17, 15) is 0 Å². The van der Waals surface area contributed by atoms with Gasteiger partial charge in [-0.2, -0.15) is 0 Å². The number of epoxide rings is 1. The predicted octanol–water partition coefficient (Wildman–Crippen LogP) is 1.88. The lowest BCUT2D eigenvalue weighted by Crippen LogP contribution is -2.03. The summed E-state index contributed by atoms with van der Waals surface area (Å²) in [4.78, 5) is 0. The second-order valence-corrected chi connectivity index (χ2v) is 3.41. The first kappa shape index (κ1) is 7.21. The quantitative estimate of drug-likeness (QED) is 0.673. The van der Waals surface area contributed by atoms with Crippen LogP contribution in [0.5, 0.6) is 17.2 Å². The topological polar surface area (TPSA) is 34.3 Å². The number of hydrogen-bond donors (Lipinski definition) is 0. The van der Waals surface area contributed by atoms with Crippen molar-refractivity contribution in [3.05, 3.63) is 17.7 Å². The number of rotatable bonds is 3. The summed E-state index contributed by atoms with van der Waals surface area (Å²) in [6, 6.07) is 3.96. The normalized spacial score (nSPS) is 21.8. The molecule has 1 saturated heterocycles. The van der Waals surface area contributed by atoms with Crippen LogP contribution in [0.4, 0.5) is 0 Å². The molecule has 2 aliphatic rings. The third-order valence-electron chi connectivity index (χ3n) is 2.26. The molecule has 1 aromatic carbocycles. The third-order valence-corrected chi connectivity index (χ3v) is 2.26. The highest BCUT2D eigenvalue weighted by Crippen LogP contribution is 2.54. The Bertz CT molecular complexity index is 355. The van der Waals surface area contributed by atoms with Gasteiger partial charge in [0, 0.05) is 0 Å². The van der Waals surface area contributed by atoms with Crippen molar-refractivity contribution in [1.29, 1.82) is 0 Å². The second kappa shape index (κ2) is 2.39. The van der Waals surface area contributed by atoms with Crippen LogP contribution in [-0.2, 0) is 4.74 Å². The zero-order chi connectivity index (χ0) is 8.84. The van der Waals surface area contributed by atoms with E-state index < -0.39 is 0 Å². The van der Waals surface area contributed by atoms with E-state index in [2.05, 4.69) is 0 Å². The maximum atomic E-state index is 5.52. The van der Waals surface area contributed by atoms with E-state index in [0.717, 1.165) is 23.9 Å². The molecule has 0 saturated carbocycles. The molecule has 0 radical (unpaired) electrons. The molecule has 68 valence electrons. The Kier molecular flexibility index (Phi) is 1.32. The molecule has 0 aliphatic carbocycles. The summed E-state index contributed by atoms with van der Waals surface area (Å²) in [7, 11) is 0. The van der Waals surface area contributed by atoms with Crippen LogP contribution in [0.3, 0.4) is 0 Å². The van der Waals surface area contributed by atoms with Gasteiger partial charge in [0.1, 0.15) is 12.7 Å². The molecule has 0 amide bonds. The molecule has 3 heteroatoms. The molecule has 0 N–H and O–H groups in total. The van der Waals surface area contributed by atoms with Gasteiger partial charge in [0.15, 0.2) is 11.5 Å². The fourth-order valence-corrected chi connectivity index (χ4v) is 1.31. The monoisotopic (exact) mass is 178 g/mol. The Balaban J connectivity index is 1.75. The van der Waals surface area contributed by atoms with Crippen molar-refractivity contribution in [3.8, 4) is 17.2 Å². The van der Waals surface area contributed by atoms with E-state index in [-0.39, 0.29) is 0 Å². The van der Waals surface area contributed by atoms with E-state index in [1.807, 2.05) is 19.1 Å². The predicted molar refractivity (Wildman–Crippen MR) is 46.5 cm³/mol. The van der Waals surface area contributed by atoms with Crippen LogP contribution in [0.2, 0.25) is 0 Å². The maximum absolute atomic E-state index is 5.52. The highest BCUT2D eigenvalue weighted by molar-refractivity contribution is 5.66. The van der Waals surface area contributed by atoms with E-state index in [0.29, 0.717) is 12.7 Å². The molecule has 1 fully saturated rings. The number of aryl methyl sites for hydroxylation is 1.